The molecule has 2 N–H and O–H groups in total. The van der Waals surface area contributed by atoms with Gasteiger partial charge < -0.3 is 4.74 Å². The minimum Gasteiger partial charge on any atom is -0.497 e. The number of hydrazine groups is 1. The van der Waals surface area contributed by atoms with Crippen LogP contribution in [0.5, 0.6) is 5.75 Å². The van der Waals surface area contributed by atoms with E-state index in [-0.39, 0.29) is 41.5 Å². The van der Waals surface area contributed by atoms with Crippen molar-refractivity contribution in [2.75, 3.05) is 18.7 Å². The average molecular weight is 422 g/mol. The number of aromatic nitrogens is 2. The molecule has 3 fully saturated rings. The third-order valence-electron chi connectivity index (χ3n) is 6.84. The Morgan fingerprint density at radius 3 is 2.48 bits per heavy atom. The summed E-state index contributed by atoms with van der Waals surface area (Å²) >= 11 is 0. The molecule has 5 unspecified atom stereocenters. The summed E-state index contributed by atoms with van der Waals surface area (Å²) in [4.78, 5) is 35.4. The zero-order valence-electron chi connectivity index (χ0n) is 18.0. The molecule has 2 aromatic rings. The molecule has 3 heterocycles. The number of carbonyl (C=O) groups excluding carboxylic acids is 2. The summed E-state index contributed by atoms with van der Waals surface area (Å²) in [5, 5.41) is 4.84. The molecular weight excluding hydrogens is 394 g/mol. The van der Waals surface area contributed by atoms with Crippen LogP contribution in [0.2, 0.25) is 0 Å². The van der Waals surface area contributed by atoms with Crippen molar-refractivity contribution in [3.8, 4) is 5.75 Å². The van der Waals surface area contributed by atoms with Crippen molar-refractivity contribution in [1.82, 2.24) is 20.7 Å². The first kappa shape index (κ1) is 20.1. The number of aryl methyl sites for hydroxylation is 2. The molecule has 1 saturated carbocycles. The maximum Gasteiger partial charge on any atom is 0.250 e. The van der Waals surface area contributed by atoms with Crippen LogP contribution < -0.4 is 20.5 Å². The maximum atomic E-state index is 13.5. The van der Waals surface area contributed by atoms with E-state index in [1.165, 1.54) is 5.01 Å². The molecule has 1 aromatic heterocycles. The van der Waals surface area contributed by atoms with Gasteiger partial charge in [-0.05, 0) is 55.9 Å². The fourth-order valence-electron chi connectivity index (χ4n) is 5.40. The lowest BCUT2D eigenvalue weighted by Gasteiger charge is -2.43. The van der Waals surface area contributed by atoms with Gasteiger partial charge in [-0.15, -0.1) is 0 Å². The summed E-state index contributed by atoms with van der Waals surface area (Å²) in [5.74, 6) is 0.953. The Morgan fingerprint density at radius 1 is 1.10 bits per heavy atom. The van der Waals surface area contributed by atoms with E-state index in [1.807, 2.05) is 44.2 Å². The average Bonchev–Trinajstić information content (AvgIpc) is 3.10. The number of hydrogen-bond acceptors (Lipinski definition) is 7. The second kappa shape index (κ2) is 7.69. The molecule has 5 atom stereocenters. The largest absolute Gasteiger partial charge is 0.497 e. The second-order valence-electron chi connectivity index (χ2n) is 8.81. The number of ketones is 1. The Balaban J connectivity index is 1.42. The summed E-state index contributed by atoms with van der Waals surface area (Å²) in [6, 6.07) is 9.79. The zero-order chi connectivity index (χ0) is 21.7. The minimum absolute atomic E-state index is 0.0180. The third kappa shape index (κ3) is 3.49. The van der Waals surface area contributed by atoms with Crippen molar-refractivity contribution < 1.29 is 14.3 Å². The van der Waals surface area contributed by atoms with Crippen molar-refractivity contribution in [3.05, 3.63) is 47.3 Å². The SMILES string of the molecule is COc1ccc(C2CC(=O)C3CNC4NN(c5nc(C)cc(C)n5)C(=O)C4C3C2)cc1. The molecule has 8 heteroatoms. The number of methoxy groups -OCH3 is 1. The molecule has 2 saturated heterocycles. The van der Waals surface area contributed by atoms with Crippen LogP contribution in [0.25, 0.3) is 0 Å². The van der Waals surface area contributed by atoms with Gasteiger partial charge in [0.25, 0.3) is 0 Å². The number of carbonyl (C=O) groups is 2. The molecule has 31 heavy (non-hydrogen) atoms. The van der Waals surface area contributed by atoms with Gasteiger partial charge in [-0.1, -0.05) is 12.1 Å². The summed E-state index contributed by atoms with van der Waals surface area (Å²) in [7, 11) is 1.64. The molecule has 2 aliphatic heterocycles. The normalized spacial score (nSPS) is 30.2. The molecule has 8 nitrogen and oxygen atoms in total. The Labute approximate surface area is 181 Å². The van der Waals surface area contributed by atoms with E-state index in [1.54, 1.807) is 7.11 Å². The highest BCUT2D eigenvalue weighted by Crippen LogP contribution is 2.45. The molecule has 1 amide bonds. The minimum atomic E-state index is -0.326. The highest BCUT2D eigenvalue weighted by molar-refractivity contribution is 5.96. The predicted molar refractivity (Wildman–Crippen MR) is 114 cm³/mol. The second-order valence-corrected chi connectivity index (χ2v) is 8.81. The van der Waals surface area contributed by atoms with E-state index in [4.69, 9.17) is 4.74 Å². The van der Waals surface area contributed by atoms with Crippen molar-refractivity contribution in [2.24, 2.45) is 17.8 Å². The number of nitrogens with zero attached hydrogens (tertiary/aromatic N) is 3. The fraction of sp³-hybridized carbons (Fsp3) is 0.478. The highest BCUT2D eigenvalue weighted by Gasteiger charge is 2.54. The lowest BCUT2D eigenvalue weighted by atomic mass is 9.64. The van der Waals surface area contributed by atoms with Gasteiger partial charge in [0, 0.05) is 30.3 Å². The van der Waals surface area contributed by atoms with E-state index in [0.717, 1.165) is 29.1 Å². The number of hydrogen-bond donors (Lipinski definition) is 2. The lowest BCUT2D eigenvalue weighted by molar-refractivity contribution is -0.133. The third-order valence-corrected chi connectivity index (χ3v) is 6.84. The summed E-state index contributed by atoms with van der Waals surface area (Å²) < 4.78 is 5.26. The van der Waals surface area contributed by atoms with Crippen LogP contribution in [0.1, 0.15) is 35.7 Å². The number of fused-ring (bicyclic) bond motifs is 3. The number of piperidine rings is 1. The van der Waals surface area contributed by atoms with Crippen LogP contribution in [-0.4, -0.2) is 41.5 Å². The smallest absolute Gasteiger partial charge is 0.250 e. The van der Waals surface area contributed by atoms with Crippen LogP contribution in [0, 0.1) is 31.6 Å². The topological polar surface area (TPSA) is 96.5 Å². The van der Waals surface area contributed by atoms with E-state index in [0.29, 0.717) is 18.9 Å². The van der Waals surface area contributed by atoms with Gasteiger partial charge in [-0.3, -0.25) is 14.9 Å². The first-order chi connectivity index (χ1) is 14.9. The first-order valence-corrected chi connectivity index (χ1v) is 10.8. The number of benzene rings is 1. The molecular formula is C23H27N5O3. The van der Waals surface area contributed by atoms with Crippen molar-refractivity contribution in [1.29, 1.82) is 0 Å². The lowest BCUT2D eigenvalue weighted by Crippen LogP contribution is -2.57. The molecule has 5 rings (SSSR count). The molecule has 1 aromatic carbocycles. The zero-order valence-corrected chi connectivity index (χ0v) is 18.0. The van der Waals surface area contributed by atoms with Crippen molar-refractivity contribution in [2.45, 2.75) is 38.8 Å². The molecule has 0 spiro atoms. The number of anilines is 1. The van der Waals surface area contributed by atoms with Crippen molar-refractivity contribution >= 4 is 17.6 Å². The van der Waals surface area contributed by atoms with Gasteiger partial charge in [0.1, 0.15) is 11.5 Å². The quantitative estimate of drug-likeness (QED) is 0.781. The van der Waals surface area contributed by atoms with Gasteiger partial charge in [-0.25, -0.2) is 20.4 Å². The van der Waals surface area contributed by atoms with Crippen LogP contribution in [0.15, 0.2) is 30.3 Å². The number of Topliss-reactive ketones (excluding diaryl/α,β-unsaturated/α-hetero) is 1. The van der Waals surface area contributed by atoms with E-state index in [2.05, 4.69) is 20.7 Å². The predicted octanol–water partition coefficient (Wildman–Crippen LogP) is 1.88. The number of ether oxygens (including phenoxy) is 1. The van der Waals surface area contributed by atoms with Crippen LogP contribution >= 0.6 is 0 Å². The maximum absolute atomic E-state index is 13.5. The van der Waals surface area contributed by atoms with Gasteiger partial charge in [0.2, 0.25) is 11.9 Å². The van der Waals surface area contributed by atoms with Gasteiger partial charge >= 0.3 is 0 Å². The highest BCUT2D eigenvalue weighted by atomic mass is 16.5. The summed E-state index contributed by atoms with van der Waals surface area (Å²) in [6.07, 6.45) is 1.10. The van der Waals surface area contributed by atoms with Crippen molar-refractivity contribution in [3.63, 3.8) is 0 Å². The molecule has 0 bridgehead atoms. The number of amides is 1. The molecule has 162 valence electrons. The summed E-state index contributed by atoms with van der Waals surface area (Å²) in [6.45, 7) is 4.36. The summed E-state index contributed by atoms with van der Waals surface area (Å²) in [5.41, 5.74) is 5.99. The fourth-order valence-corrected chi connectivity index (χ4v) is 5.40. The van der Waals surface area contributed by atoms with E-state index < -0.39 is 0 Å². The van der Waals surface area contributed by atoms with Gasteiger partial charge in [0.05, 0.1) is 19.2 Å². The van der Waals surface area contributed by atoms with Crippen LogP contribution in [0.3, 0.4) is 0 Å². The van der Waals surface area contributed by atoms with Crippen LogP contribution in [-0.2, 0) is 9.59 Å². The Bertz CT molecular complexity index is 1000. The molecule has 3 aliphatic rings. The van der Waals surface area contributed by atoms with E-state index in [9.17, 15) is 9.59 Å². The van der Waals surface area contributed by atoms with Gasteiger partial charge in [-0.2, -0.15) is 0 Å². The van der Waals surface area contributed by atoms with Gasteiger partial charge in [0.15, 0.2) is 0 Å². The van der Waals surface area contributed by atoms with E-state index >= 15 is 0 Å². The number of rotatable bonds is 3. The molecule has 1 aliphatic carbocycles. The first-order valence-electron chi connectivity index (χ1n) is 10.8. The Hall–Kier alpha value is -2.84. The number of nitrogens with one attached hydrogen (secondary N) is 2. The molecule has 0 radical (unpaired) electrons. The Kier molecular flexibility index (Phi) is 4.98. The Morgan fingerprint density at radius 2 is 1.81 bits per heavy atom. The monoisotopic (exact) mass is 421 g/mol. The van der Waals surface area contributed by atoms with Crippen LogP contribution in [0.4, 0.5) is 5.95 Å². The standard InChI is InChI=1S/C23H27N5O3/c1-12-8-13(2)26-23(25-12)28-22(30)20-17-9-15(14-4-6-16(31-3)7-5-14)10-19(29)18(17)11-24-21(20)27-28/h4-8,15,17-18,20-21,24,27H,9-11H2,1-3H3.